The average Bonchev–Trinajstić information content (AvgIpc) is 2.94. The molecule has 2 aliphatic heterocycles. The van der Waals surface area contributed by atoms with E-state index in [-0.39, 0.29) is 11.6 Å². The number of hydrogen-bond donors (Lipinski definition) is 0. The van der Waals surface area contributed by atoms with Gasteiger partial charge in [0.25, 0.3) is 0 Å². The number of carbonyl (C=O) groups excluding carboxylic acids is 1. The molecule has 160 valence electrons. The van der Waals surface area contributed by atoms with Gasteiger partial charge in [-0.05, 0) is 74.8 Å². The SMILES string of the molecule is CC(C)(C)N1CCc2cc3c(cc2CC1)N(C(=O)OCCc1ccccc1)CCC3. The van der Waals surface area contributed by atoms with Crippen molar-refractivity contribution in [2.75, 3.05) is 31.1 Å². The monoisotopic (exact) mass is 406 g/mol. The molecule has 0 fully saturated rings. The van der Waals surface area contributed by atoms with E-state index >= 15 is 0 Å². The van der Waals surface area contributed by atoms with Gasteiger partial charge in [0.1, 0.15) is 0 Å². The van der Waals surface area contributed by atoms with E-state index in [4.69, 9.17) is 4.74 Å². The Morgan fingerprint density at radius 3 is 2.33 bits per heavy atom. The molecule has 30 heavy (non-hydrogen) atoms. The van der Waals surface area contributed by atoms with E-state index in [1.165, 1.54) is 22.3 Å². The Morgan fingerprint density at radius 1 is 0.933 bits per heavy atom. The Bertz CT molecular complexity index is 886. The fourth-order valence-electron chi connectivity index (χ4n) is 4.65. The number of hydrogen-bond acceptors (Lipinski definition) is 3. The summed E-state index contributed by atoms with van der Waals surface area (Å²) in [4.78, 5) is 17.3. The maximum atomic E-state index is 12.9. The van der Waals surface area contributed by atoms with Gasteiger partial charge in [-0.1, -0.05) is 36.4 Å². The average molecular weight is 407 g/mol. The Labute approximate surface area is 180 Å². The zero-order valence-electron chi connectivity index (χ0n) is 18.6. The van der Waals surface area contributed by atoms with Crippen LogP contribution in [0.4, 0.5) is 10.5 Å². The van der Waals surface area contributed by atoms with Gasteiger partial charge in [0, 0.05) is 31.6 Å². The second-order valence-corrected chi connectivity index (χ2v) is 9.51. The fourth-order valence-corrected chi connectivity index (χ4v) is 4.65. The number of carbonyl (C=O) groups is 1. The molecule has 2 aromatic rings. The predicted molar refractivity (Wildman–Crippen MR) is 122 cm³/mol. The molecule has 0 N–H and O–H groups in total. The summed E-state index contributed by atoms with van der Waals surface area (Å²) in [6, 6.07) is 14.8. The van der Waals surface area contributed by atoms with Gasteiger partial charge in [-0.25, -0.2) is 4.79 Å². The van der Waals surface area contributed by atoms with Crippen LogP contribution >= 0.6 is 0 Å². The van der Waals surface area contributed by atoms with Crippen molar-refractivity contribution < 1.29 is 9.53 Å². The first kappa shape index (κ1) is 20.9. The Morgan fingerprint density at radius 2 is 1.63 bits per heavy atom. The summed E-state index contributed by atoms with van der Waals surface area (Å²) in [7, 11) is 0. The van der Waals surface area contributed by atoms with Gasteiger partial charge in [0.05, 0.1) is 12.3 Å². The van der Waals surface area contributed by atoms with Crippen LogP contribution in [0.15, 0.2) is 42.5 Å². The van der Waals surface area contributed by atoms with Gasteiger partial charge < -0.3 is 4.74 Å². The van der Waals surface area contributed by atoms with Crippen molar-refractivity contribution in [2.45, 2.75) is 58.4 Å². The van der Waals surface area contributed by atoms with Crippen molar-refractivity contribution in [2.24, 2.45) is 0 Å². The molecule has 2 aromatic carbocycles. The van der Waals surface area contributed by atoms with Crippen LogP contribution in [-0.2, 0) is 30.4 Å². The molecular formula is C26H34N2O2. The Kier molecular flexibility index (Phi) is 6.14. The van der Waals surface area contributed by atoms with Crippen molar-refractivity contribution in [3.05, 3.63) is 64.7 Å². The van der Waals surface area contributed by atoms with Crippen molar-refractivity contribution in [3.63, 3.8) is 0 Å². The van der Waals surface area contributed by atoms with Crippen LogP contribution in [0.3, 0.4) is 0 Å². The van der Waals surface area contributed by atoms with Crippen LogP contribution in [0, 0.1) is 0 Å². The molecule has 0 atom stereocenters. The predicted octanol–water partition coefficient (Wildman–Crippen LogP) is 5.02. The lowest BCUT2D eigenvalue weighted by atomic mass is 9.93. The van der Waals surface area contributed by atoms with Gasteiger partial charge in [-0.2, -0.15) is 0 Å². The second kappa shape index (κ2) is 8.81. The van der Waals surface area contributed by atoms with Gasteiger partial charge in [0.2, 0.25) is 0 Å². The molecule has 0 saturated carbocycles. The smallest absolute Gasteiger partial charge is 0.414 e. The molecule has 1 amide bonds. The summed E-state index contributed by atoms with van der Waals surface area (Å²) in [6.07, 6.45) is 4.70. The molecule has 0 aromatic heterocycles. The van der Waals surface area contributed by atoms with Crippen LogP contribution < -0.4 is 4.90 Å². The van der Waals surface area contributed by atoms with Gasteiger partial charge in [0.15, 0.2) is 0 Å². The lowest BCUT2D eigenvalue weighted by Crippen LogP contribution is -2.42. The highest BCUT2D eigenvalue weighted by Gasteiger charge is 2.28. The molecule has 4 heteroatoms. The van der Waals surface area contributed by atoms with E-state index in [9.17, 15) is 4.79 Å². The highest BCUT2D eigenvalue weighted by atomic mass is 16.6. The van der Waals surface area contributed by atoms with E-state index in [1.54, 1.807) is 0 Å². The molecule has 0 radical (unpaired) electrons. The van der Waals surface area contributed by atoms with Gasteiger partial charge in [-0.3, -0.25) is 9.80 Å². The van der Waals surface area contributed by atoms with E-state index in [0.29, 0.717) is 6.61 Å². The summed E-state index contributed by atoms with van der Waals surface area (Å²) < 4.78 is 5.65. The van der Waals surface area contributed by atoms with Crippen LogP contribution in [0.2, 0.25) is 0 Å². The summed E-state index contributed by atoms with van der Waals surface area (Å²) in [5.74, 6) is 0. The number of nitrogens with zero attached hydrogens (tertiary/aromatic N) is 2. The highest BCUT2D eigenvalue weighted by Crippen LogP contribution is 2.33. The number of aryl methyl sites for hydroxylation is 1. The Balaban J connectivity index is 1.46. The molecule has 2 heterocycles. The molecule has 4 nitrogen and oxygen atoms in total. The van der Waals surface area contributed by atoms with Crippen LogP contribution in [-0.4, -0.2) is 42.8 Å². The first-order valence-corrected chi connectivity index (χ1v) is 11.3. The zero-order valence-corrected chi connectivity index (χ0v) is 18.6. The van der Waals surface area contributed by atoms with E-state index in [0.717, 1.165) is 57.4 Å². The first-order valence-electron chi connectivity index (χ1n) is 11.3. The van der Waals surface area contributed by atoms with Crippen molar-refractivity contribution in [1.29, 1.82) is 0 Å². The number of anilines is 1. The lowest BCUT2D eigenvalue weighted by molar-refractivity contribution is 0.144. The van der Waals surface area contributed by atoms with E-state index in [1.807, 2.05) is 23.1 Å². The summed E-state index contributed by atoms with van der Waals surface area (Å²) in [5.41, 5.74) is 6.59. The van der Waals surface area contributed by atoms with Crippen LogP contribution in [0.25, 0.3) is 0 Å². The summed E-state index contributed by atoms with van der Waals surface area (Å²) in [6.45, 7) is 10.2. The molecule has 0 unspecified atom stereocenters. The van der Waals surface area contributed by atoms with E-state index in [2.05, 4.69) is 49.9 Å². The molecule has 0 saturated heterocycles. The van der Waals surface area contributed by atoms with Gasteiger partial charge >= 0.3 is 6.09 Å². The van der Waals surface area contributed by atoms with Crippen LogP contribution in [0.1, 0.15) is 49.4 Å². The molecule has 0 aliphatic carbocycles. The molecule has 0 spiro atoms. The van der Waals surface area contributed by atoms with Crippen molar-refractivity contribution in [3.8, 4) is 0 Å². The number of ether oxygens (including phenoxy) is 1. The molecular weight excluding hydrogens is 372 g/mol. The minimum absolute atomic E-state index is 0.191. The maximum absolute atomic E-state index is 12.9. The molecule has 2 aliphatic rings. The van der Waals surface area contributed by atoms with E-state index < -0.39 is 0 Å². The summed E-state index contributed by atoms with van der Waals surface area (Å²) in [5, 5.41) is 0. The topological polar surface area (TPSA) is 32.8 Å². The summed E-state index contributed by atoms with van der Waals surface area (Å²) >= 11 is 0. The largest absolute Gasteiger partial charge is 0.449 e. The number of amides is 1. The normalized spacial score (nSPS) is 17.1. The molecule has 4 rings (SSSR count). The van der Waals surface area contributed by atoms with Crippen molar-refractivity contribution in [1.82, 2.24) is 4.90 Å². The number of benzene rings is 2. The second-order valence-electron chi connectivity index (χ2n) is 9.51. The zero-order chi connectivity index (χ0) is 21.1. The third-order valence-electron chi connectivity index (χ3n) is 6.45. The number of fused-ring (bicyclic) bond motifs is 2. The lowest BCUT2D eigenvalue weighted by Gasteiger charge is -2.34. The maximum Gasteiger partial charge on any atom is 0.414 e. The Hall–Kier alpha value is -2.33. The third-order valence-corrected chi connectivity index (χ3v) is 6.45. The van der Waals surface area contributed by atoms with Gasteiger partial charge in [-0.15, -0.1) is 0 Å². The quantitative estimate of drug-likeness (QED) is 0.718. The van der Waals surface area contributed by atoms with Crippen molar-refractivity contribution >= 4 is 11.8 Å². The standard InChI is InChI=1S/C26H34N2O2/c1-26(2,3)27-15-11-21-18-23-10-7-14-28(24(23)19-22(21)12-16-27)25(29)30-17-13-20-8-5-4-6-9-20/h4-6,8-9,18-19H,7,10-17H2,1-3H3. The third kappa shape index (κ3) is 4.70. The van der Waals surface area contributed by atoms with Crippen LogP contribution in [0.5, 0.6) is 0 Å². The molecule has 0 bridgehead atoms. The first-order chi connectivity index (χ1) is 14.4. The minimum Gasteiger partial charge on any atom is -0.449 e. The minimum atomic E-state index is -0.211. The number of rotatable bonds is 3. The fraction of sp³-hybridized carbons (Fsp3) is 0.500. The highest BCUT2D eigenvalue weighted by molar-refractivity contribution is 5.89.